The van der Waals surface area contributed by atoms with Gasteiger partial charge in [0.15, 0.2) is 0 Å². The van der Waals surface area contributed by atoms with Crippen molar-refractivity contribution in [3.8, 4) is 23.7 Å². The van der Waals surface area contributed by atoms with E-state index >= 15 is 0 Å². The number of nitrogens with one attached hydrogen (secondary N) is 1. The first-order chi connectivity index (χ1) is 17.2. The van der Waals surface area contributed by atoms with E-state index < -0.39 is 6.09 Å². The second kappa shape index (κ2) is 14.2. The first kappa shape index (κ1) is 25.4. The zero-order valence-corrected chi connectivity index (χ0v) is 20.0. The van der Waals surface area contributed by atoms with E-state index in [0.717, 1.165) is 24.9 Å². The number of amides is 1. The number of benzene rings is 3. The molecule has 4 aromatic rings. The van der Waals surface area contributed by atoms with Crippen molar-refractivity contribution in [3.05, 3.63) is 78.9 Å². The van der Waals surface area contributed by atoms with E-state index in [4.69, 9.17) is 9.84 Å². The molecular weight excluding hydrogens is 436 g/mol. The van der Waals surface area contributed by atoms with Gasteiger partial charge in [0, 0.05) is 40.5 Å². The van der Waals surface area contributed by atoms with E-state index in [2.05, 4.69) is 82.1 Å². The van der Waals surface area contributed by atoms with E-state index in [1.165, 1.54) is 21.8 Å². The van der Waals surface area contributed by atoms with E-state index in [0.29, 0.717) is 13.2 Å². The Bertz CT molecular complexity index is 1300. The Morgan fingerprint density at radius 3 is 2.09 bits per heavy atom. The molecule has 0 saturated carbocycles. The van der Waals surface area contributed by atoms with Crippen molar-refractivity contribution in [2.24, 2.45) is 0 Å². The summed E-state index contributed by atoms with van der Waals surface area (Å²) >= 11 is 0. The molecule has 0 aliphatic rings. The molecule has 0 fully saturated rings. The molecule has 0 spiro atoms. The van der Waals surface area contributed by atoms with Crippen molar-refractivity contribution in [2.45, 2.75) is 32.7 Å². The van der Waals surface area contributed by atoms with Crippen LogP contribution in [0, 0.1) is 23.7 Å². The number of hydrogen-bond acceptors (Lipinski definition) is 3. The molecule has 178 valence electrons. The molecule has 5 heteroatoms. The van der Waals surface area contributed by atoms with Crippen LogP contribution in [0.2, 0.25) is 0 Å². The normalized spacial score (nSPS) is 9.77. The summed E-state index contributed by atoms with van der Waals surface area (Å²) in [4.78, 5) is 10.9. The van der Waals surface area contributed by atoms with Gasteiger partial charge in [-0.3, -0.25) is 5.32 Å². The number of carbonyl (C=O) groups is 1. The van der Waals surface area contributed by atoms with Crippen molar-refractivity contribution < 1.29 is 14.6 Å². The highest BCUT2D eigenvalue weighted by Gasteiger charge is 2.07. The van der Waals surface area contributed by atoms with E-state index in [1.54, 1.807) is 19.1 Å². The van der Waals surface area contributed by atoms with Gasteiger partial charge in [-0.05, 0) is 55.9 Å². The van der Waals surface area contributed by atoms with Crippen LogP contribution in [-0.2, 0) is 11.3 Å². The highest BCUT2D eigenvalue weighted by Crippen LogP contribution is 2.28. The lowest BCUT2D eigenvalue weighted by atomic mass is 10.2. The summed E-state index contributed by atoms with van der Waals surface area (Å²) in [5.41, 5.74) is 3.16. The predicted molar refractivity (Wildman–Crippen MR) is 143 cm³/mol. The van der Waals surface area contributed by atoms with Gasteiger partial charge >= 0.3 is 6.09 Å². The number of fused-ring (bicyclic) bond motifs is 3. The maximum atomic E-state index is 10.9. The van der Waals surface area contributed by atoms with Gasteiger partial charge in [-0.15, -0.1) is 0 Å². The summed E-state index contributed by atoms with van der Waals surface area (Å²) in [6.45, 7) is 3.03. The zero-order valence-electron chi connectivity index (χ0n) is 20.0. The van der Waals surface area contributed by atoms with Crippen molar-refractivity contribution in [3.63, 3.8) is 0 Å². The summed E-state index contributed by atoms with van der Waals surface area (Å²) in [6, 6.07) is 26.0. The van der Waals surface area contributed by atoms with Crippen LogP contribution in [-0.4, -0.2) is 29.0 Å². The van der Waals surface area contributed by atoms with Gasteiger partial charge in [0.05, 0.1) is 13.2 Å². The number of ether oxygens (including phenoxy) is 1. The fraction of sp³-hybridized carbons (Fsp3) is 0.233. The molecule has 0 unspecified atom stereocenters. The van der Waals surface area contributed by atoms with Gasteiger partial charge in [0.1, 0.15) is 0 Å². The third kappa shape index (κ3) is 7.67. The molecule has 0 saturated heterocycles. The molecule has 5 nitrogen and oxygen atoms in total. The number of carbonyl (C=O) groups excluding carboxylic acids is 1. The number of nitrogens with zero attached hydrogens (tertiary/aromatic N) is 1. The second-order valence-electron chi connectivity index (χ2n) is 7.62. The summed E-state index contributed by atoms with van der Waals surface area (Å²) in [5, 5.41) is 13.8. The van der Waals surface area contributed by atoms with Crippen molar-refractivity contribution in [2.75, 3.05) is 18.5 Å². The minimum Gasteiger partial charge on any atom is -0.450 e. The SMILES string of the molecule is CCOC(=O)Nc1ccccc1.OCCCCC#CC#CCn1c2ccccc2c2ccccc21. The Hall–Kier alpha value is -4.19. The maximum Gasteiger partial charge on any atom is 0.411 e. The lowest BCUT2D eigenvalue weighted by Gasteiger charge is -2.03. The van der Waals surface area contributed by atoms with Crippen LogP contribution in [0.1, 0.15) is 26.2 Å². The van der Waals surface area contributed by atoms with Crippen molar-refractivity contribution >= 4 is 33.6 Å². The molecule has 0 atom stereocenters. The summed E-state index contributed by atoms with van der Waals surface area (Å²) in [6.07, 6.45) is 2.12. The fourth-order valence-electron chi connectivity index (χ4n) is 3.57. The van der Waals surface area contributed by atoms with Crippen molar-refractivity contribution in [1.29, 1.82) is 0 Å². The van der Waals surface area contributed by atoms with Crippen LogP contribution in [0.15, 0.2) is 78.9 Å². The quantitative estimate of drug-likeness (QED) is 0.262. The van der Waals surface area contributed by atoms with Gasteiger partial charge in [-0.2, -0.15) is 0 Å². The van der Waals surface area contributed by atoms with E-state index in [9.17, 15) is 4.79 Å². The van der Waals surface area contributed by atoms with Crippen LogP contribution in [0.4, 0.5) is 10.5 Å². The largest absolute Gasteiger partial charge is 0.450 e. The second-order valence-corrected chi connectivity index (χ2v) is 7.62. The fourth-order valence-corrected chi connectivity index (χ4v) is 3.57. The monoisotopic (exact) mass is 466 g/mol. The van der Waals surface area contributed by atoms with Crippen LogP contribution in [0.25, 0.3) is 21.8 Å². The van der Waals surface area contributed by atoms with Gasteiger partial charge < -0.3 is 14.4 Å². The Balaban J connectivity index is 0.000000241. The number of unbranched alkanes of at least 4 members (excludes halogenated alkanes) is 2. The Morgan fingerprint density at radius 2 is 1.46 bits per heavy atom. The van der Waals surface area contributed by atoms with Crippen LogP contribution in [0.3, 0.4) is 0 Å². The summed E-state index contributed by atoms with van der Waals surface area (Å²) in [7, 11) is 0. The predicted octanol–water partition coefficient (Wildman–Crippen LogP) is 6.22. The minimum absolute atomic E-state index is 0.237. The highest BCUT2D eigenvalue weighted by atomic mass is 16.5. The summed E-state index contributed by atoms with van der Waals surface area (Å²) in [5.74, 6) is 12.0. The number of aliphatic hydroxyl groups excluding tert-OH is 1. The maximum absolute atomic E-state index is 10.9. The third-order valence-electron chi connectivity index (χ3n) is 5.16. The first-order valence-electron chi connectivity index (χ1n) is 11.8. The molecule has 2 N–H and O–H groups in total. The molecule has 1 aromatic heterocycles. The van der Waals surface area contributed by atoms with Crippen LogP contribution < -0.4 is 5.32 Å². The number of aromatic nitrogens is 1. The molecule has 1 amide bonds. The van der Waals surface area contributed by atoms with Gasteiger partial charge in [0.2, 0.25) is 0 Å². The Morgan fingerprint density at radius 1 is 0.857 bits per heavy atom. The highest BCUT2D eigenvalue weighted by molar-refractivity contribution is 6.08. The summed E-state index contributed by atoms with van der Waals surface area (Å²) < 4.78 is 6.94. The molecule has 0 aliphatic carbocycles. The number of aliphatic hydroxyl groups is 1. The van der Waals surface area contributed by atoms with Crippen LogP contribution in [0.5, 0.6) is 0 Å². The van der Waals surface area contributed by atoms with Crippen LogP contribution >= 0.6 is 0 Å². The zero-order chi connectivity index (χ0) is 24.7. The molecule has 3 aromatic carbocycles. The average molecular weight is 467 g/mol. The molecule has 35 heavy (non-hydrogen) atoms. The molecular formula is C30H30N2O3. The number of rotatable bonds is 6. The molecule has 0 aliphatic heterocycles. The van der Waals surface area contributed by atoms with E-state index in [1.807, 2.05) is 18.2 Å². The lowest BCUT2D eigenvalue weighted by Crippen LogP contribution is -2.12. The smallest absolute Gasteiger partial charge is 0.411 e. The van der Waals surface area contributed by atoms with Gasteiger partial charge in [0.25, 0.3) is 0 Å². The minimum atomic E-state index is -0.413. The standard InChI is InChI=1S/C21H19NO.C9H11NO2/c23-17-11-5-3-1-2-4-10-16-22-20-14-8-6-12-18(20)19-13-7-9-15-21(19)22;1-2-12-9(11)10-8-6-4-3-5-7-8/h6-9,12-15,23H,3,5,11,16-17H2;3-7H,2H2,1H3,(H,10,11). The molecule has 0 radical (unpaired) electrons. The Kier molecular flexibility index (Phi) is 10.3. The lowest BCUT2D eigenvalue weighted by molar-refractivity contribution is 0.168. The van der Waals surface area contributed by atoms with Gasteiger partial charge in [-0.1, -0.05) is 66.4 Å². The van der Waals surface area contributed by atoms with Gasteiger partial charge in [-0.25, -0.2) is 4.79 Å². The average Bonchev–Trinajstić information content (AvgIpc) is 3.20. The number of para-hydroxylation sites is 3. The topological polar surface area (TPSA) is 63.5 Å². The number of hydrogen-bond donors (Lipinski definition) is 2. The third-order valence-corrected chi connectivity index (χ3v) is 5.16. The Labute approximate surface area is 206 Å². The van der Waals surface area contributed by atoms with E-state index in [-0.39, 0.29) is 6.61 Å². The number of anilines is 1. The molecule has 0 bridgehead atoms. The molecule has 1 heterocycles. The van der Waals surface area contributed by atoms with Crippen molar-refractivity contribution in [1.82, 2.24) is 4.57 Å². The first-order valence-corrected chi connectivity index (χ1v) is 11.8. The molecule has 4 rings (SSSR count).